The van der Waals surface area contributed by atoms with Gasteiger partial charge in [0.15, 0.2) is 0 Å². The average molecular weight is 257 g/mol. The quantitative estimate of drug-likeness (QED) is 0.862. The van der Waals surface area contributed by atoms with Crippen molar-refractivity contribution in [1.29, 1.82) is 0 Å². The van der Waals surface area contributed by atoms with Crippen LogP contribution in [-0.2, 0) is 19.5 Å². The highest BCUT2D eigenvalue weighted by Crippen LogP contribution is 2.06. The molecule has 0 aliphatic rings. The van der Waals surface area contributed by atoms with Crippen LogP contribution >= 0.6 is 0 Å². The minimum absolute atomic E-state index is 0.461. The van der Waals surface area contributed by atoms with Crippen molar-refractivity contribution in [3.05, 3.63) is 53.3 Å². The van der Waals surface area contributed by atoms with Crippen LogP contribution < -0.4 is 5.32 Å². The van der Waals surface area contributed by atoms with Crippen LogP contribution in [0.3, 0.4) is 0 Å². The van der Waals surface area contributed by atoms with Crippen LogP contribution in [0.15, 0.2) is 36.4 Å². The molecule has 3 heteroatoms. The molecule has 0 fully saturated rings. The third-order valence-electron chi connectivity index (χ3n) is 3.30. The van der Waals surface area contributed by atoms with Crippen LogP contribution in [0.5, 0.6) is 0 Å². The zero-order valence-corrected chi connectivity index (χ0v) is 12.1. The van der Waals surface area contributed by atoms with Crippen molar-refractivity contribution < 1.29 is 0 Å². The van der Waals surface area contributed by atoms with E-state index in [1.54, 1.807) is 0 Å². The van der Waals surface area contributed by atoms with Crippen LogP contribution in [0.2, 0.25) is 0 Å². The first-order valence-corrected chi connectivity index (χ1v) is 6.99. The lowest BCUT2D eigenvalue weighted by molar-refractivity contribution is 0.514. The zero-order valence-electron chi connectivity index (χ0n) is 12.1. The minimum atomic E-state index is 0.461. The number of benzene rings is 1. The van der Waals surface area contributed by atoms with Crippen molar-refractivity contribution in [2.45, 2.75) is 46.3 Å². The molecule has 3 nitrogen and oxygen atoms in total. The van der Waals surface area contributed by atoms with Crippen molar-refractivity contribution in [3.8, 4) is 0 Å². The van der Waals surface area contributed by atoms with Crippen molar-refractivity contribution in [2.24, 2.45) is 0 Å². The number of aryl methyl sites for hydroxylation is 2. The van der Waals surface area contributed by atoms with Crippen molar-refractivity contribution in [2.75, 3.05) is 0 Å². The van der Waals surface area contributed by atoms with E-state index in [-0.39, 0.29) is 0 Å². The molecule has 1 heterocycles. The topological polar surface area (TPSA) is 29.9 Å². The summed E-state index contributed by atoms with van der Waals surface area (Å²) in [5, 5.41) is 8.04. The summed E-state index contributed by atoms with van der Waals surface area (Å²) in [6, 6.07) is 13.2. The fourth-order valence-electron chi connectivity index (χ4n) is 2.33. The monoisotopic (exact) mass is 257 g/mol. The molecule has 1 aromatic carbocycles. The molecule has 19 heavy (non-hydrogen) atoms. The number of aromatic nitrogens is 2. The van der Waals surface area contributed by atoms with Gasteiger partial charge in [-0.3, -0.25) is 4.68 Å². The number of hydrogen-bond donors (Lipinski definition) is 1. The molecule has 102 valence electrons. The lowest BCUT2D eigenvalue weighted by Crippen LogP contribution is -2.28. The van der Waals surface area contributed by atoms with E-state index >= 15 is 0 Å². The molecular weight excluding hydrogens is 234 g/mol. The minimum Gasteiger partial charge on any atom is -0.308 e. The van der Waals surface area contributed by atoms with Crippen LogP contribution in [0.1, 0.15) is 30.8 Å². The first-order chi connectivity index (χ1) is 9.19. The molecule has 0 radical (unpaired) electrons. The predicted octanol–water partition coefficient (Wildman–Crippen LogP) is 2.93. The molecule has 2 aromatic rings. The van der Waals surface area contributed by atoms with E-state index in [9.17, 15) is 0 Å². The number of hydrogen-bond acceptors (Lipinski definition) is 2. The summed E-state index contributed by atoms with van der Waals surface area (Å²) in [7, 11) is 0. The number of nitrogens with one attached hydrogen (secondary N) is 1. The van der Waals surface area contributed by atoms with Gasteiger partial charge in [0.1, 0.15) is 0 Å². The van der Waals surface area contributed by atoms with Gasteiger partial charge in [0.25, 0.3) is 0 Å². The molecule has 1 aromatic heterocycles. The summed E-state index contributed by atoms with van der Waals surface area (Å²) in [4.78, 5) is 0. The van der Waals surface area contributed by atoms with Crippen molar-refractivity contribution in [1.82, 2.24) is 15.1 Å². The molecule has 1 atom stereocenters. The van der Waals surface area contributed by atoms with Gasteiger partial charge in [-0.25, -0.2) is 0 Å². The van der Waals surface area contributed by atoms with E-state index in [4.69, 9.17) is 0 Å². The van der Waals surface area contributed by atoms with Gasteiger partial charge in [0.2, 0.25) is 0 Å². The number of rotatable bonds is 6. The first kappa shape index (κ1) is 13.8. The summed E-state index contributed by atoms with van der Waals surface area (Å²) < 4.78 is 2.07. The van der Waals surface area contributed by atoms with Crippen molar-refractivity contribution >= 4 is 0 Å². The smallest absolute Gasteiger partial charge is 0.0597 e. The molecule has 0 amide bonds. The van der Waals surface area contributed by atoms with Gasteiger partial charge in [-0.1, -0.05) is 30.3 Å². The van der Waals surface area contributed by atoms with E-state index in [0.29, 0.717) is 6.04 Å². The maximum atomic E-state index is 4.47. The molecule has 0 spiro atoms. The third kappa shape index (κ3) is 3.93. The van der Waals surface area contributed by atoms with E-state index < -0.39 is 0 Å². The van der Waals surface area contributed by atoms with E-state index in [1.165, 1.54) is 11.3 Å². The van der Waals surface area contributed by atoms with Crippen LogP contribution in [0.25, 0.3) is 0 Å². The maximum Gasteiger partial charge on any atom is 0.0597 e. The van der Waals surface area contributed by atoms with Gasteiger partial charge in [-0.2, -0.15) is 5.10 Å². The summed E-state index contributed by atoms with van der Waals surface area (Å²) >= 11 is 0. The van der Waals surface area contributed by atoms with Gasteiger partial charge in [0.05, 0.1) is 11.4 Å². The summed E-state index contributed by atoms with van der Waals surface area (Å²) in [6.45, 7) is 8.21. The molecule has 1 N–H and O–H groups in total. The number of nitrogens with zero attached hydrogens (tertiary/aromatic N) is 2. The lowest BCUT2D eigenvalue weighted by atomic mass is 10.1. The van der Waals surface area contributed by atoms with Crippen molar-refractivity contribution in [3.63, 3.8) is 0 Å². The standard InChI is InChI=1S/C16H23N3/c1-4-19-16(11-14(3)18-19)12-17-13(2)10-15-8-6-5-7-9-15/h5-9,11,13,17H,4,10,12H2,1-3H3. The van der Waals surface area contributed by atoms with Crippen LogP contribution in [0.4, 0.5) is 0 Å². The third-order valence-corrected chi connectivity index (χ3v) is 3.30. The van der Waals surface area contributed by atoms with Crippen LogP contribution in [-0.4, -0.2) is 15.8 Å². The Labute approximate surface area is 115 Å². The Kier molecular flexibility index (Phi) is 4.74. The fraction of sp³-hybridized carbons (Fsp3) is 0.438. The molecule has 0 saturated heterocycles. The molecule has 0 bridgehead atoms. The molecular formula is C16H23N3. The second-order valence-electron chi connectivity index (χ2n) is 5.06. The summed E-state index contributed by atoms with van der Waals surface area (Å²) in [5.41, 5.74) is 3.73. The Morgan fingerprint density at radius 2 is 2.00 bits per heavy atom. The fourth-order valence-corrected chi connectivity index (χ4v) is 2.33. The molecule has 2 rings (SSSR count). The summed E-state index contributed by atoms with van der Waals surface area (Å²) in [6.07, 6.45) is 1.06. The Bertz CT molecular complexity index is 502. The Morgan fingerprint density at radius 1 is 1.26 bits per heavy atom. The highest BCUT2D eigenvalue weighted by atomic mass is 15.3. The lowest BCUT2D eigenvalue weighted by Gasteiger charge is -2.14. The predicted molar refractivity (Wildman–Crippen MR) is 79.1 cm³/mol. The normalized spacial score (nSPS) is 12.6. The van der Waals surface area contributed by atoms with Gasteiger partial charge < -0.3 is 5.32 Å². The Morgan fingerprint density at radius 3 is 2.68 bits per heavy atom. The highest BCUT2D eigenvalue weighted by Gasteiger charge is 2.07. The van der Waals surface area contributed by atoms with Crippen LogP contribution in [0, 0.1) is 6.92 Å². The molecule has 0 aliphatic carbocycles. The SMILES string of the molecule is CCn1nc(C)cc1CNC(C)Cc1ccccc1. The first-order valence-electron chi connectivity index (χ1n) is 6.99. The maximum absolute atomic E-state index is 4.47. The largest absolute Gasteiger partial charge is 0.308 e. The van der Waals surface area contributed by atoms with Gasteiger partial charge >= 0.3 is 0 Å². The van der Waals surface area contributed by atoms with Gasteiger partial charge in [-0.15, -0.1) is 0 Å². The average Bonchev–Trinajstić information content (AvgIpc) is 2.78. The molecule has 0 saturated carbocycles. The van der Waals surface area contributed by atoms with E-state index in [1.807, 2.05) is 6.92 Å². The van der Waals surface area contributed by atoms with E-state index in [2.05, 4.69) is 65.3 Å². The van der Waals surface area contributed by atoms with E-state index in [0.717, 1.165) is 25.2 Å². The highest BCUT2D eigenvalue weighted by molar-refractivity contribution is 5.16. The molecule has 0 aliphatic heterocycles. The Balaban J connectivity index is 1.88. The van der Waals surface area contributed by atoms with Gasteiger partial charge in [-0.05, 0) is 38.8 Å². The summed E-state index contributed by atoms with van der Waals surface area (Å²) in [5.74, 6) is 0. The zero-order chi connectivity index (χ0) is 13.7. The molecule has 1 unspecified atom stereocenters. The second-order valence-corrected chi connectivity index (χ2v) is 5.06. The Hall–Kier alpha value is -1.61. The van der Waals surface area contributed by atoms with Gasteiger partial charge in [0, 0.05) is 19.1 Å². The second kappa shape index (κ2) is 6.53.